The first kappa shape index (κ1) is 18.9. The van der Waals surface area contributed by atoms with Crippen molar-refractivity contribution in [3.63, 3.8) is 0 Å². The van der Waals surface area contributed by atoms with E-state index < -0.39 is 17.6 Å². The molecule has 0 aliphatic rings. The van der Waals surface area contributed by atoms with Crippen LogP contribution >= 0.6 is 0 Å². The van der Waals surface area contributed by atoms with Crippen LogP contribution in [0.2, 0.25) is 0 Å². The zero-order valence-corrected chi connectivity index (χ0v) is 15.1. The number of carbonyl (C=O) groups excluding carboxylic acids is 1. The molecule has 0 aliphatic carbocycles. The standard InChI is InChI=1S/C19H25N3O3/c1-12-15(17(25)22-18(21-12)19(2,3)4)16(24)20-11-14(23)10-13-8-6-5-7-9-13/h5-9,14,23H,10-11H2,1-4H3,(H,20,24)(H,21,22,25). The lowest BCUT2D eigenvalue weighted by Gasteiger charge is -2.18. The number of hydrogen-bond donors (Lipinski definition) is 3. The molecule has 1 unspecified atom stereocenters. The Morgan fingerprint density at radius 3 is 2.48 bits per heavy atom. The molecule has 134 valence electrons. The molecule has 0 aliphatic heterocycles. The van der Waals surface area contributed by atoms with E-state index in [-0.39, 0.29) is 17.5 Å². The molecule has 6 nitrogen and oxygen atoms in total. The number of H-pyrrole nitrogens is 1. The zero-order chi connectivity index (χ0) is 18.6. The summed E-state index contributed by atoms with van der Waals surface area (Å²) < 4.78 is 0. The Morgan fingerprint density at radius 1 is 1.28 bits per heavy atom. The summed E-state index contributed by atoms with van der Waals surface area (Å²) in [4.78, 5) is 31.6. The van der Waals surface area contributed by atoms with E-state index in [4.69, 9.17) is 0 Å². The van der Waals surface area contributed by atoms with Crippen LogP contribution in [0.1, 0.15) is 48.2 Å². The molecule has 0 saturated heterocycles. The van der Waals surface area contributed by atoms with Crippen molar-refractivity contribution in [3.05, 3.63) is 63.3 Å². The topological polar surface area (TPSA) is 95.1 Å². The van der Waals surface area contributed by atoms with Crippen molar-refractivity contribution in [1.29, 1.82) is 0 Å². The Balaban J connectivity index is 2.05. The van der Waals surface area contributed by atoms with E-state index in [9.17, 15) is 14.7 Å². The number of benzene rings is 1. The van der Waals surface area contributed by atoms with Gasteiger partial charge < -0.3 is 15.4 Å². The molecule has 1 atom stereocenters. The first-order valence-corrected chi connectivity index (χ1v) is 8.30. The van der Waals surface area contributed by atoms with E-state index in [1.54, 1.807) is 6.92 Å². The average Bonchev–Trinajstić information content (AvgIpc) is 2.52. The molecule has 0 spiro atoms. The fraction of sp³-hybridized carbons (Fsp3) is 0.421. The SMILES string of the molecule is Cc1nc(C(C)(C)C)[nH]c(=O)c1C(=O)NCC(O)Cc1ccccc1. The number of nitrogens with zero attached hydrogens (tertiary/aromatic N) is 1. The quantitative estimate of drug-likeness (QED) is 0.770. The number of aryl methyl sites for hydroxylation is 1. The van der Waals surface area contributed by atoms with Gasteiger partial charge in [0.1, 0.15) is 11.4 Å². The molecular formula is C19H25N3O3. The minimum atomic E-state index is -0.729. The second kappa shape index (κ2) is 7.61. The number of carbonyl (C=O) groups is 1. The highest BCUT2D eigenvalue weighted by molar-refractivity contribution is 5.94. The Hall–Kier alpha value is -2.47. The molecule has 25 heavy (non-hydrogen) atoms. The highest BCUT2D eigenvalue weighted by atomic mass is 16.3. The first-order valence-electron chi connectivity index (χ1n) is 8.30. The number of hydrogen-bond acceptors (Lipinski definition) is 4. The summed E-state index contributed by atoms with van der Waals surface area (Å²) in [6, 6.07) is 9.52. The molecule has 2 aromatic rings. The largest absolute Gasteiger partial charge is 0.391 e. The van der Waals surface area contributed by atoms with Gasteiger partial charge in [-0.15, -0.1) is 0 Å². The summed E-state index contributed by atoms with van der Waals surface area (Å²) in [6.45, 7) is 7.51. The fourth-order valence-corrected chi connectivity index (χ4v) is 2.47. The second-order valence-corrected chi connectivity index (χ2v) is 7.18. The first-order chi connectivity index (χ1) is 11.7. The van der Waals surface area contributed by atoms with Gasteiger partial charge in [0.25, 0.3) is 11.5 Å². The predicted molar refractivity (Wildman–Crippen MR) is 96.8 cm³/mol. The van der Waals surface area contributed by atoms with Crippen molar-refractivity contribution < 1.29 is 9.90 Å². The van der Waals surface area contributed by atoms with Gasteiger partial charge in [-0.25, -0.2) is 4.98 Å². The average molecular weight is 343 g/mol. The Morgan fingerprint density at radius 2 is 1.92 bits per heavy atom. The van der Waals surface area contributed by atoms with Crippen molar-refractivity contribution >= 4 is 5.91 Å². The van der Waals surface area contributed by atoms with Crippen LogP contribution in [0, 0.1) is 6.92 Å². The van der Waals surface area contributed by atoms with Crippen molar-refractivity contribution in [3.8, 4) is 0 Å². The van der Waals surface area contributed by atoms with Crippen LogP contribution in [-0.2, 0) is 11.8 Å². The van der Waals surface area contributed by atoms with Crippen molar-refractivity contribution in [1.82, 2.24) is 15.3 Å². The van der Waals surface area contributed by atoms with E-state index in [0.29, 0.717) is 17.9 Å². The molecule has 0 fully saturated rings. The molecule has 0 radical (unpaired) electrons. The van der Waals surface area contributed by atoms with Gasteiger partial charge >= 0.3 is 0 Å². The second-order valence-electron chi connectivity index (χ2n) is 7.18. The smallest absolute Gasteiger partial charge is 0.264 e. The van der Waals surface area contributed by atoms with E-state index in [1.807, 2.05) is 51.1 Å². The molecule has 0 bridgehead atoms. The number of aromatic nitrogens is 2. The van der Waals surface area contributed by atoms with Gasteiger partial charge in [0.15, 0.2) is 0 Å². The number of nitrogens with one attached hydrogen (secondary N) is 2. The molecular weight excluding hydrogens is 318 g/mol. The summed E-state index contributed by atoms with van der Waals surface area (Å²) >= 11 is 0. The number of aliphatic hydroxyl groups excluding tert-OH is 1. The fourth-order valence-electron chi connectivity index (χ4n) is 2.47. The lowest BCUT2D eigenvalue weighted by atomic mass is 9.95. The third-order valence-electron chi connectivity index (χ3n) is 3.85. The van der Waals surface area contributed by atoms with Gasteiger partial charge in [-0.1, -0.05) is 51.1 Å². The van der Waals surface area contributed by atoms with E-state index >= 15 is 0 Å². The maximum atomic E-state index is 12.3. The third kappa shape index (κ3) is 5.00. The summed E-state index contributed by atoms with van der Waals surface area (Å²) in [5, 5.41) is 12.7. The van der Waals surface area contributed by atoms with E-state index in [2.05, 4.69) is 15.3 Å². The minimum Gasteiger partial charge on any atom is -0.391 e. The van der Waals surface area contributed by atoms with E-state index in [0.717, 1.165) is 5.56 Å². The summed E-state index contributed by atoms with van der Waals surface area (Å²) in [7, 11) is 0. The number of amides is 1. The third-order valence-corrected chi connectivity index (χ3v) is 3.85. The van der Waals surface area contributed by atoms with Crippen LogP contribution in [-0.4, -0.2) is 33.6 Å². The van der Waals surface area contributed by atoms with Gasteiger partial charge in [-0.05, 0) is 12.5 Å². The monoisotopic (exact) mass is 343 g/mol. The molecule has 3 N–H and O–H groups in total. The van der Waals surface area contributed by atoms with Gasteiger partial charge in [-0.3, -0.25) is 9.59 Å². The van der Waals surface area contributed by atoms with Crippen molar-refractivity contribution in [2.45, 2.75) is 45.6 Å². The molecule has 0 saturated carbocycles. The van der Waals surface area contributed by atoms with Crippen LogP contribution in [0.5, 0.6) is 0 Å². The maximum Gasteiger partial charge on any atom is 0.264 e. The Kier molecular flexibility index (Phi) is 5.74. The number of aromatic amines is 1. The van der Waals surface area contributed by atoms with Gasteiger partial charge in [0.05, 0.1) is 11.8 Å². The summed E-state index contributed by atoms with van der Waals surface area (Å²) in [6.07, 6.45) is -0.301. The van der Waals surface area contributed by atoms with Crippen molar-refractivity contribution in [2.75, 3.05) is 6.54 Å². The normalized spacial score (nSPS) is 12.7. The molecule has 2 rings (SSSR count). The minimum absolute atomic E-state index is 0.0140. The molecule has 1 amide bonds. The van der Waals surface area contributed by atoms with Gasteiger partial charge in [-0.2, -0.15) is 0 Å². The highest BCUT2D eigenvalue weighted by Crippen LogP contribution is 2.17. The van der Waals surface area contributed by atoms with Gasteiger partial charge in [0.2, 0.25) is 0 Å². The maximum absolute atomic E-state index is 12.3. The van der Waals surface area contributed by atoms with Crippen LogP contribution in [0.4, 0.5) is 0 Å². The molecule has 1 heterocycles. The van der Waals surface area contributed by atoms with Gasteiger partial charge in [0, 0.05) is 18.4 Å². The highest BCUT2D eigenvalue weighted by Gasteiger charge is 2.22. The lowest BCUT2D eigenvalue weighted by molar-refractivity contribution is 0.0913. The van der Waals surface area contributed by atoms with Crippen LogP contribution < -0.4 is 10.9 Å². The predicted octanol–water partition coefficient (Wildman–Crippen LogP) is 1.71. The van der Waals surface area contributed by atoms with Crippen LogP contribution in [0.15, 0.2) is 35.1 Å². The van der Waals surface area contributed by atoms with Crippen LogP contribution in [0.25, 0.3) is 0 Å². The Labute approximate surface area is 147 Å². The summed E-state index contributed by atoms with van der Waals surface area (Å²) in [5.41, 5.74) is 0.565. The number of aliphatic hydroxyl groups is 1. The van der Waals surface area contributed by atoms with Crippen molar-refractivity contribution in [2.24, 2.45) is 0 Å². The Bertz CT molecular complexity index is 792. The molecule has 1 aromatic carbocycles. The molecule has 6 heteroatoms. The molecule has 1 aromatic heterocycles. The van der Waals surface area contributed by atoms with E-state index in [1.165, 1.54) is 0 Å². The summed E-state index contributed by atoms with van der Waals surface area (Å²) in [5.74, 6) is 0.00878. The zero-order valence-electron chi connectivity index (χ0n) is 15.1. The van der Waals surface area contributed by atoms with Crippen LogP contribution in [0.3, 0.4) is 0 Å². The lowest BCUT2D eigenvalue weighted by Crippen LogP contribution is -2.38. The number of rotatable bonds is 5.